The lowest BCUT2D eigenvalue weighted by Crippen LogP contribution is -2.29. The van der Waals surface area contributed by atoms with Crippen LogP contribution in [0, 0.1) is 0 Å². The van der Waals surface area contributed by atoms with Crippen LogP contribution in [0.5, 0.6) is 0 Å². The molecule has 0 unspecified atom stereocenters. The molecule has 3 nitrogen and oxygen atoms in total. The van der Waals surface area contributed by atoms with Crippen LogP contribution >= 0.6 is 34.7 Å². The predicted molar refractivity (Wildman–Crippen MR) is 108 cm³/mol. The number of halogens is 1. The van der Waals surface area contributed by atoms with Crippen molar-refractivity contribution in [1.29, 1.82) is 0 Å². The predicted octanol–water partition coefficient (Wildman–Crippen LogP) is 5.70. The summed E-state index contributed by atoms with van der Waals surface area (Å²) >= 11 is 9.05. The lowest BCUT2D eigenvalue weighted by atomic mass is 10.0. The molecule has 130 valence electrons. The summed E-state index contributed by atoms with van der Waals surface area (Å²) in [6.07, 6.45) is 1.95. The zero-order valence-electron chi connectivity index (χ0n) is 13.9. The minimum Gasteiger partial charge on any atom is -0.349 e. The van der Waals surface area contributed by atoms with Gasteiger partial charge in [0, 0.05) is 5.02 Å². The largest absolute Gasteiger partial charge is 0.349 e. The molecule has 0 spiro atoms. The normalized spacial score (nSPS) is 12.2. The molecule has 0 fully saturated rings. The highest BCUT2D eigenvalue weighted by molar-refractivity contribution is 8.01. The van der Waals surface area contributed by atoms with E-state index in [0.29, 0.717) is 10.8 Å². The van der Waals surface area contributed by atoms with E-state index in [-0.39, 0.29) is 11.9 Å². The summed E-state index contributed by atoms with van der Waals surface area (Å²) in [5.74, 6) is 0.394. The van der Waals surface area contributed by atoms with Gasteiger partial charge in [0.1, 0.15) is 0 Å². The average Bonchev–Trinajstić information content (AvgIpc) is 3.02. The van der Waals surface area contributed by atoms with Crippen molar-refractivity contribution in [2.24, 2.45) is 0 Å². The number of hydrogen-bond acceptors (Lipinski definition) is 4. The third-order valence-corrected chi connectivity index (χ3v) is 6.19. The molecule has 3 rings (SSSR count). The lowest BCUT2D eigenvalue weighted by Gasteiger charge is -2.18. The van der Waals surface area contributed by atoms with Crippen molar-refractivity contribution >= 4 is 50.8 Å². The highest BCUT2D eigenvalue weighted by Crippen LogP contribution is 2.31. The number of aromatic nitrogens is 1. The number of fused-ring (bicyclic) bond motifs is 1. The quantitative estimate of drug-likeness (QED) is 0.526. The molecule has 1 N–H and O–H groups in total. The summed E-state index contributed by atoms with van der Waals surface area (Å²) in [5, 5.41) is 3.82. The molecule has 2 aromatic carbocycles. The molecular weight excluding hydrogens is 372 g/mol. The van der Waals surface area contributed by atoms with E-state index < -0.39 is 0 Å². The number of nitrogens with zero attached hydrogens (tertiary/aromatic N) is 1. The first-order valence-corrected chi connectivity index (χ1v) is 10.4. The van der Waals surface area contributed by atoms with Crippen LogP contribution in [0.1, 0.15) is 31.4 Å². The third kappa shape index (κ3) is 4.97. The molecule has 6 heteroatoms. The van der Waals surface area contributed by atoms with E-state index in [0.717, 1.165) is 33.0 Å². The summed E-state index contributed by atoms with van der Waals surface area (Å²) < 4.78 is 1.97. The lowest BCUT2D eigenvalue weighted by molar-refractivity contribution is -0.119. The molecule has 1 atom stereocenters. The van der Waals surface area contributed by atoms with E-state index >= 15 is 0 Å². The Kier molecular flexibility index (Phi) is 6.34. The van der Waals surface area contributed by atoms with Crippen molar-refractivity contribution in [3.8, 4) is 0 Å². The Hall–Kier alpha value is -1.56. The van der Waals surface area contributed by atoms with E-state index in [1.807, 2.05) is 36.4 Å². The zero-order chi connectivity index (χ0) is 17.6. The van der Waals surface area contributed by atoms with Gasteiger partial charge < -0.3 is 5.32 Å². The average molecular weight is 391 g/mol. The highest BCUT2D eigenvalue weighted by atomic mass is 35.5. The Balaban J connectivity index is 1.60. The molecule has 0 saturated carbocycles. The number of thiazole rings is 1. The number of carbonyl (C=O) groups is 1. The van der Waals surface area contributed by atoms with Gasteiger partial charge in [0.05, 0.1) is 22.0 Å². The van der Waals surface area contributed by atoms with E-state index in [1.54, 1.807) is 11.3 Å². The van der Waals surface area contributed by atoms with E-state index in [9.17, 15) is 4.79 Å². The van der Waals surface area contributed by atoms with E-state index in [2.05, 4.69) is 29.4 Å². The molecule has 0 bridgehead atoms. The van der Waals surface area contributed by atoms with Crippen LogP contribution in [-0.4, -0.2) is 16.6 Å². The van der Waals surface area contributed by atoms with Crippen LogP contribution < -0.4 is 5.32 Å². The minimum absolute atomic E-state index is 0.0320. The molecule has 3 aromatic rings. The molecule has 0 aliphatic rings. The molecule has 1 amide bonds. The molecule has 0 saturated heterocycles. The van der Waals surface area contributed by atoms with Crippen molar-refractivity contribution in [3.63, 3.8) is 0 Å². The van der Waals surface area contributed by atoms with E-state index in [1.165, 1.54) is 11.8 Å². The molecule has 25 heavy (non-hydrogen) atoms. The van der Waals surface area contributed by atoms with Crippen molar-refractivity contribution in [2.45, 2.75) is 30.1 Å². The first-order chi connectivity index (χ1) is 12.2. The van der Waals surface area contributed by atoms with Gasteiger partial charge in [-0.1, -0.05) is 67.0 Å². The monoisotopic (exact) mass is 390 g/mol. The molecule has 0 radical (unpaired) electrons. The number of hydrogen-bond donors (Lipinski definition) is 1. The van der Waals surface area contributed by atoms with Crippen molar-refractivity contribution < 1.29 is 4.79 Å². The first kappa shape index (κ1) is 18.2. The Bertz CT molecular complexity index is 851. The summed E-state index contributed by atoms with van der Waals surface area (Å²) in [6, 6.07) is 15.9. The van der Waals surface area contributed by atoms with Crippen LogP contribution in [-0.2, 0) is 4.79 Å². The second-order valence-electron chi connectivity index (χ2n) is 5.70. The van der Waals surface area contributed by atoms with Gasteiger partial charge in [-0.25, -0.2) is 4.98 Å². The molecule has 1 aromatic heterocycles. The standard InChI is InChI=1S/C19H19ClN2OS2/c1-2-6-15(13-7-4-3-5-8-13)21-18(23)12-24-19-22-16-11-14(20)9-10-17(16)25-19/h3-5,7-11,15H,2,6,12H2,1H3,(H,21,23)/t15-/m1/s1. The van der Waals surface area contributed by atoms with Crippen molar-refractivity contribution in [2.75, 3.05) is 5.75 Å². The maximum absolute atomic E-state index is 12.4. The maximum Gasteiger partial charge on any atom is 0.230 e. The number of carbonyl (C=O) groups excluding carboxylic acids is 1. The minimum atomic E-state index is 0.0320. The van der Waals surface area contributed by atoms with Crippen molar-refractivity contribution in [3.05, 3.63) is 59.1 Å². The van der Waals surface area contributed by atoms with Crippen LogP contribution in [0.4, 0.5) is 0 Å². The van der Waals surface area contributed by atoms with Gasteiger partial charge in [0.2, 0.25) is 5.91 Å². The molecule has 1 heterocycles. The van der Waals surface area contributed by atoms with Gasteiger partial charge in [-0.05, 0) is 30.2 Å². The Labute approximate surface area is 160 Å². The SMILES string of the molecule is CCC[C@@H](NC(=O)CSc1nc2cc(Cl)ccc2s1)c1ccccc1. The van der Waals surface area contributed by atoms with Gasteiger partial charge in [0.15, 0.2) is 4.34 Å². The fourth-order valence-corrected chi connectivity index (χ4v) is 4.63. The Morgan fingerprint density at radius 1 is 1.28 bits per heavy atom. The third-order valence-electron chi connectivity index (χ3n) is 3.77. The van der Waals surface area contributed by atoms with Crippen LogP contribution in [0.25, 0.3) is 10.2 Å². The molecular formula is C19H19ClN2OS2. The highest BCUT2D eigenvalue weighted by Gasteiger charge is 2.14. The van der Waals surface area contributed by atoms with Crippen molar-refractivity contribution in [1.82, 2.24) is 10.3 Å². The van der Waals surface area contributed by atoms with Gasteiger partial charge >= 0.3 is 0 Å². The summed E-state index contributed by atoms with van der Waals surface area (Å²) in [4.78, 5) is 16.9. The number of amides is 1. The van der Waals surface area contributed by atoms with Crippen LogP contribution in [0.2, 0.25) is 5.02 Å². The first-order valence-electron chi connectivity index (χ1n) is 8.19. The number of benzene rings is 2. The van der Waals surface area contributed by atoms with Gasteiger partial charge in [-0.2, -0.15) is 0 Å². The number of thioether (sulfide) groups is 1. The summed E-state index contributed by atoms with van der Waals surface area (Å²) in [6.45, 7) is 2.13. The second-order valence-corrected chi connectivity index (χ2v) is 8.39. The smallest absolute Gasteiger partial charge is 0.230 e. The van der Waals surface area contributed by atoms with Gasteiger partial charge in [-0.15, -0.1) is 11.3 Å². The fraction of sp³-hybridized carbons (Fsp3) is 0.263. The topological polar surface area (TPSA) is 42.0 Å². The number of nitrogens with one attached hydrogen (secondary N) is 1. The Morgan fingerprint density at radius 2 is 2.08 bits per heavy atom. The van der Waals surface area contributed by atoms with Crippen LogP contribution in [0.3, 0.4) is 0 Å². The maximum atomic E-state index is 12.4. The second kappa shape index (κ2) is 8.70. The number of rotatable bonds is 7. The zero-order valence-corrected chi connectivity index (χ0v) is 16.3. The fourth-order valence-electron chi connectivity index (χ4n) is 2.60. The van der Waals surface area contributed by atoms with Gasteiger partial charge in [0.25, 0.3) is 0 Å². The van der Waals surface area contributed by atoms with Crippen LogP contribution in [0.15, 0.2) is 52.9 Å². The molecule has 0 aliphatic heterocycles. The summed E-state index contributed by atoms with van der Waals surface area (Å²) in [7, 11) is 0. The van der Waals surface area contributed by atoms with Gasteiger partial charge in [-0.3, -0.25) is 4.79 Å². The summed E-state index contributed by atoms with van der Waals surface area (Å²) in [5.41, 5.74) is 2.03. The van der Waals surface area contributed by atoms with E-state index in [4.69, 9.17) is 11.6 Å². The Morgan fingerprint density at radius 3 is 2.84 bits per heavy atom. The molecule has 0 aliphatic carbocycles.